The number of carbonyl (C=O) groups excluding carboxylic acids is 1. The Morgan fingerprint density at radius 3 is 2.45 bits per heavy atom. The Morgan fingerprint density at radius 2 is 1.86 bits per heavy atom. The van der Waals surface area contributed by atoms with Gasteiger partial charge in [0.05, 0.1) is 0 Å². The predicted molar refractivity (Wildman–Crippen MR) is 94.7 cm³/mol. The molecule has 0 atom stereocenters. The van der Waals surface area contributed by atoms with E-state index in [4.69, 9.17) is 4.74 Å². The van der Waals surface area contributed by atoms with Crippen molar-refractivity contribution in [3.05, 3.63) is 0 Å². The number of hydrogen-bond donors (Lipinski definition) is 1. The van der Waals surface area contributed by atoms with E-state index in [2.05, 4.69) is 17.1 Å². The van der Waals surface area contributed by atoms with Gasteiger partial charge in [0, 0.05) is 39.3 Å². The lowest BCUT2D eigenvalue weighted by molar-refractivity contribution is 0.0146. The maximum absolute atomic E-state index is 12.0. The lowest BCUT2D eigenvalue weighted by atomic mass is 10.2. The molecule has 0 saturated carbocycles. The van der Waals surface area contributed by atoms with Gasteiger partial charge in [0.15, 0.2) is 0 Å². The molecule has 1 heterocycles. The standard InChI is InChI=1S/C16H33N3O2S/c1-5-22-14-6-7-17-8-9-18-10-12-19(13-11-18)15(20)21-16(2,3)4/h17H,5-14H2,1-4H3. The molecule has 0 aromatic rings. The van der Waals surface area contributed by atoms with E-state index in [0.717, 1.165) is 45.8 Å². The van der Waals surface area contributed by atoms with E-state index >= 15 is 0 Å². The van der Waals surface area contributed by atoms with Crippen LogP contribution in [0.15, 0.2) is 0 Å². The van der Waals surface area contributed by atoms with Gasteiger partial charge in [-0.1, -0.05) is 6.92 Å². The Labute approximate surface area is 140 Å². The van der Waals surface area contributed by atoms with Crippen LogP contribution >= 0.6 is 11.8 Å². The summed E-state index contributed by atoms with van der Waals surface area (Å²) < 4.78 is 5.41. The number of rotatable bonds is 8. The molecule has 1 N–H and O–H groups in total. The molecule has 0 unspecified atom stereocenters. The molecule has 1 rings (SSSR count). The summed E-state index contributed by atoms with van der Waals surface area (Å²) in [6, 6.07) is 0. The lowest BCUT2D eigenvalue weighted by Gasteiger charge is -2.35. The molecule has 1 saturated heterocycles. The molecule has 1 aliphatic heterocycles. The molecule has 1 fully saturated rings. The van der Waals surface area contributed by atoms with Crippen LogP contribution in [0.3, 0.4) is 0 Å². The Balaban J connectivity index is 2.06. The summed E-state index contributed by atoms with van der Waals surface area (Å²) >= 11 is 2.00. The fourth-order valence-corrected chi connectivity index (χ4v) is 2.92. The second kappa shape index (κ2) is 10.3. The summed E-state index contributed by atoms with van der Waals surface area (Å²) in [6.45, 7) is 14.5. The van der Waals surface area contributed by atoms with Gasteiger partial charge < -0.3 is 15.0 Å². The van der Waals surface area contributed by atoms with Gasteiger partial charge in [-0.25, -0.2) is 4.79 Å². The average Bonchev–Trinajstić information content (AvgIpc) is 2.45. The van der Waals surface area contributed by atoms with Crippen molar-refractivity contribution in [3.8, 4) is 0 Å². The molecule has 130 valence electrons. The molecule has 0 radical (unpaired) electrons. The van der Waals surface area contributed by atoms with Crippen LogP contribution in [0.5, 0.6) is 0 Å². The largest absolute Gasteiger partial charge is 0.444 e. The van der Waals surface area contributed by atoms with E-state index in [9.17, 15) is 4.79 Å². The van der Waals surface area contributed by atoms with Gasteiger partial charge in [-0.05, 0) is 45.2 Å². The monoisotopic (exact) mass is 331 g/mol. The number of carbonyl (C=O) groups is 1. The number of piperazine rings is 1. The van der Waals surface area contributed by atoms with E-state index in [0.29, 0.717) is 0 Å². The van der Waals surface area contributed by atoms with Crippen molar-refractivity contribution in [2.45, 2.75) is 39.7 Å². The van der Waals surface area contributed by atoms with Crippen LogP contribution in [0, 0.1) is 0 Å². The third kappa shape index (κ3) is 8.86. The molecule has 22 heavy (non-hydrogen) atoms. The normalized spacial score (nSPS) is 16.8. The van der Waals surface area contributed by atoms with Crippen molar-refractivity contribution >= 4 is 17.9 Å². The molecular weight excluding hydrogens is 298 g/mol. The van der Waals surface area contributed by atoms with Crippen LogP contribution in [0.4, 0.5) is 4.79 Å². The number of ether oxygens (including phenoxy) is 1. The van der Waals surface area contributed by atoms with Gasteiger partial charge in [-0.15, -0.1) is 0 Å². The maximum Gasteiger partial charge on any atom is 0.410 e. The SMILES string of the molecule is CCSCCCNCCN1CCN(C(=O)OC(C)(C)C)CC1. The van der Waals surface area contributed by atoms with Gasteiger partial charge in [0.1, 0.15) is 5.60 Å². The zero-order valence-electron chi connectivity index (χ0n) is 14.7. The highest BCUT2D eigenvalue weighted by Gasteiger charge is 2.25. The molecule has 0 aromatic heterocycles. The van der Waals surface area contributed by atoms with Gasteiger partial charge >= 0.3 is 6.09 Å². The van der Waals surface area contributed by atoms with E-state index < -0.39 is 5.60 Å². The lowest BCUT2D eigenvalue weighted by Crippen LogP contribution is -2.51. The van der Waals surface area contributed by atoms with Gasteiger partial charge in [0.2, 0.25) is 0 Å². The zero-order chi connectivity index (χ0) is 16.4. The Hall–Kier alpha value is -0.460. The summed E-state index contributed by atoms with van der Waals surface area (Å²) in [5.41, 5.74) is -0.409. The molecule has 1 aliphatic rings. The first kappa shape index (κ1) is 19.6. The van der Waals surface area contributed by atoms with Crippen LogP contribution < -0.4 is 5.32 Å². The molecule has 1 amide bonds. The van der Waals surface area contributed by atoms with Gasteiger partial charge in [0.25, 0.3) is 0 Å². The van der Waals surface area contributed by atoms with E-state index in [1.807, 2.05) is 37.4 Å². The third-order valence-electron chi connectivity index (χ3n) is 3.48. The van der Waals surface area contributed by atoms with Crippen LogP contribution in [0.1, 0.15) is 34.1 Å². The van der Waals surface area contributed by atoms with Crippen molar-refractivity contribution < 1.29 is 9.53 Å². The number of nitrogens with zero attached hydrogens (tertiary/aromatic N) is 2. The minimum atomic E-state index is -0.409. The van der Waals surface area contributed by atoms with Gasteiger partial charge in [-0.3, -0.25) is 4.90 Å². The highest BCUT2D eigenvalue weighted by molar-refractivity contribution is 7.99. The van der Waals surface area contributed by atoms with Crippen molar-refractivity contribution in [2.75, 3.05) is 57.3 Å². The number of nitrogens with one attached hydrogen (secondary N) is 1. The number of amides is 1. The fourth-order valence-electron chi connectivity index (χ4n) is 2.29. The molecule has 0 spiro atoms. The van der Waals surface area contributed by atoms with Crippen molar-refractivity contribution in [1.29, 1.82) is 0 Å². The zero-order valence-corrected chi connectivity index (χ0v) is 15.5. The first-order valence-electron chi connectivity index (χ1n) is 8.41. The van der Waals surface area contributed by atoms with Crippen LogP contribution in [0.25, 0.3) is 0 Å². The molecule has 0 aromatic carbocycles. The third-order valence-corrected chi connectivity index (χ3v) is 4.46. The minimum Gasteiger partial charge on any atom is -0.444 e. The number of thioether (sulfide) groups is 1. The molecule has 0 bridgehead atoms. The van der Waals surface area contributed by atoms with Crippen molar-refractivity contribution in [1.82, 2.24) is 15.1 Å². The molecule has 5 nitrogen and oxygen atoms in total. The van der Waals surface area contributed by atoms with Crippen molar-refractivity contribution in [3.63, 3.8) is 0 Å². The molecular formula is C16H33N3O2S. The average molecular weight is 332 g/mol. The highest BCUT2D eigenvalue weighted by atomic mass is 32.2. The highest BCUT2D eigenvalue weighted by Crippen LogP contribution is 2.11. The summed E-state index contributed by atoms with van der Waals surface area (Å²) in [5.74, 6) is 2.46. The Kier molecular flexibility index (Phi) is 9.21. The smallest absolute Gasteiger partial charge is 0.410 e. The second-order valence-electron chi connectivity index (χ2n) is 6.61. The fraction of sp³-hybridized carbons (Fsp3) is 0.938. The quantitative estimate of drug-likeness (QED) is 0.691. The Morgan fingerprint density at radius 1 is 1.18 bits per heavy atom. The van der Waals surface area contributed by atoms with Gasteiger partial charge in [-0.2, -0.15) is 11.8 Å². The first-order valence-corrected chi connectivity index (χ1v) is 9.56. The van der Waals surface area contributed by atoms with Crippen molar-refractivity contribution in [2.24, 2.45) is 0 Å². The molecule has 0 aliphatic carbocycles. The predicted octanol–water partition coefficient (Wildman–Crippen LogP) is 2.27. The summed E-state index contributed by atoms with van der Waals surface area (Å²) in [4.78, 5) is 16.2. The Bertz CT molecular complexity index is 313. The van der Waals surface area contributed by atoms with Crippen LogP contribution in [0.2, 0.25) is 0 Å². The van der Waals surface area contributed by atoms with Crippen LogP contribution in [-0.4, -0.2) is 78.8 Å². The number of hydrogen-bond acceptors (Lipinski definition) is 5. The van der Waals surface area contributed by atoms with E-state index in [-0.39, 0.29) is 6.09 Å². The van der Waals surface area contributed by atoms with E-state index in [1.54, 1.807) is 0 Å². The summed E-state index contributed by atoms with van der Waals surface area (Å²) in [7, 11) is 0. The topological polar surface area (TPSA) is 44.8 Å². The summed E-state index contributed by atoms with van der Waals surface area (Å²) in [5, 5.41) is 3.50. The summed E-state index contributed by atoms with van der Waals surface area (Å²) in [6.07, 6.45) is 1.06. The van der Waals surface area contributed by atoms with E-state index in [1.165, 1.54) is 17.9 Å². The maximum atomic E-state index is 12.0. The minimum absolute atomic E-state index is 0.182. The molecule has 6 heteroatoms. The second-order valence-corrected chi connectivity index (χ2v) is 8.00. The first-order chi connectivity index (χ1) is 10.4. The van der Waals surface area contributed by atoms with Crippen LogP contribution in [-0.2, 0) is 4.74 Å².